The summed E-state index contributed by atoms with van der Waals surface area (Å²) in [5.41, 5.74) is 7.66. The highest BCUT2D eigenvalue weighted by Crippen LogP contribution is 2.44. The fourth-order valence-electron chi connectivity index (χ4n) is 2.20. The molecule has 0 fully saturated rings. The van der Waals surface area contributed by atoms with Crippen molar-refractivity contribution in [1.29, 1.82) is 0 Å². The first-order valence-electron chi connectivity index (χ1n) is 6.51. The van der Waals surface area contributed by atoms with E-state index in [1.54, 1.807) is 31.1 Å². The molecule has 1 aromatic heterocycles. The first-order valence-corrected chi connectivity index (χ1v) is 7.39. The number of fused-ring (bicyclic) bond motifs is 1. The fraction of sp³-hybridized carbons (Fsp3) is 0.200. The summed E-state index contributed by atoms with van der Waals surface area (Å²) in [4.78, 5) is 16.3. The monoisotopic (exact) mass is 301 g/mol. The molecule has 1 unspecified atom stereocenters. The molecular weight excluding hydrogens is 286 g/mol. The third-order valence-corrected chi connectivity index (χ3v) is 4.66. The number of primary amides is 1. The average Bonchev–Trinajstić information content (AvgIpc) is 2.53. The number of nitrogens with zero attached hydrogens (tertiary/aromatic N) is 1. The summed E-state index contributed by atoms with van der Waals surface area (Å²) in [6.45, 7) is 0.807. The number of hydrogen-bond acceptors (Lipinski definition) is 5. The van der Waals surface area contributed by atoms with E-state index in [1.165, 1.54) is 0 Å². The van der Waals surface area contributed by atoms with E-state index in [-0.39, 0.29) is 10.9 Å². The van der Waals surface area contributed by atoms with Crippen molar-refractivity contribution in [2.45, 2.75) is 10.1 Å². The Morgan fingerprint density at radius 2 is 2.29 bits per heavy atom. The summed E-state index contributed by atoms with van der Waals surface area (Å²) < 4.78 is 5.26. The second-order valence-corrected chi connectivity index (χ2v) is 5.94. The molecule has 1 aliphatic rings. The molecule has 2 heterocycles. The predicted octanol–water partition coefficient (Wildman–Crippen LogP) is 2.45. The number of ether oxygens (including phenoxy) is 1. The Bertz CT molecular complexity index is 673. The Hall–Kier alpha value is -2.21. The van der Waals surface area contributed by atoms with Crippen molar-refractivity contribution < 1.29 is 9.53 Å². The molecule has 0 bridgehead atoms. The normalized spacial score (nSPS) is 16.7. The minimum absolute atomic E-state index is 0.235. The minimum atomic E-state index is -0.508. The van der Waals surface area contributed by atoms with E-state index in [9.17, 15) is 4.79 Å². The van der Waals surface area contributed by atoms with Crippen molar-refractivity contribution in [3.05, 3.63) is 47.8 Å². The van der Waals surface area contributed by atoms with Gasteiger partial charge >= 0.3 is 0 Å². The molecular formula is C15H15N3O2S. The SMILES string of the molecule is COc1ccc2c(c1)SC(c1ccc(C(N)=O)nc1)CN2. The molecule has 0 saturated heterocycles. The number of benzene rings is 1. The number of nitrogens with one attached hydrogen (secondary N) is 1. The van der Waals surface area contributed by atoms with Crippen LogP contribution < -0.4 is 15.8 Å². The first kappa shape index (κ1) is 13.8. The van der Waals surface area contributed by atoms with Gasteiger partial charge < -0.3 is 15.8 Å². The molecule has 1 atom stereocenters. The Morgan fingerprint density at radius 1 is 1.43 bits per heavy atom. The van der Waals surface area contributed by atoms with Crippen LogP contribution in [0.4, 0.5) is 5.69 Å². The number of rotatable bonds is 3. The van der Waals surface area contributed by atoms with E-state index >= 15 is 0 Å². The fourth-order valence-corrected chi connectivity index (χ4v) is 3.40. The molecule has 21 heavy (non-hydrogen) atoms. The van der Waals surface area contributed by atoms with Gasteiger partial charge in [-0.3, -0.25) is 9.78 Å². The van der Waals surface area contributed by atoms with Crippen LogP contribution in [0.2, 0.25) is 0 Å². The number of thioether (sulfide) groups is 1. The van der Waals surface area contributed by atoms with Gasteiger partial charge in [-0.05, 0) is 29.8 Å². The number of anilines is 1. The number of aromatic nitrogens is 1. The summed E-state index contributed by atoms with van der Waals surface area (Å²) >= 11 is 1.76. The van der Waals surface area contributed by atoms with Crippen molar-refractivity contribution in [3.8, 4) is 5.75 Å². The molecule has 108 valence electrons. The lowest BCUT2D eigenvalue weighted by molar-refractivity contribution is 0.0995. The molecule has 0 aliphatic carbocycles. The van der Waals surface area contributed by atoms with E-state index < -0.39 is 5.91 Å². The molecule has 6 heteroatoms. The molecule has 1 aromatic carbocycles. The summed E-state index contributed by atoms with van der Waals surface area (Å²) in [6, 6.07) is 9.54. The smallest absolute Gasteiger partial charge is 0.267 e. The van der Waals surface area contributed by atoms with Crippen LogP contribution in [0.3, 0.4) is 0 Å². The van der Waals surface area contributed by atoms with Gasteiger partial charge in [-0.2, -0.15) is 0 Å². The van der Waals surface area contributed by atoms with Crippen LogP contribution in [-0.2, 0) is 0 Å². The number of methoxy groups -OCH3 is 1. The molecule has 0 radical (unpaired) electrons. The Labute approximate surface area is 126 Å². The molecule has 2 aromatic rings. The number of carbonyl (C=O) groups is 1. The lowest BCUT2D eigenvalue weighted by Gasteiger charge is -2.26. The number of carbonyl (C=O) groups excluding carboxylic acids is 1. The maximum Gasteiger partial charge on any atom is 0.267 e. The van der Waals surface area contributed by atoms with Crippen LogP contribution in [0.5, 0.6) is 5.75 Å². The number of pyridine rings is 1. The second kappa shape index (κ2) is 5.65. The zero-order valence-electron chi connectivity index (χ0n) is 11.5. The summed E-state index contributed by atoms with van der Waals surface area (Å²) in [7, 11) is 1.66. The average molecular weight is 301 g/mol. The van der Waals surface area contributed by atoms with Crippen molar-refractivity contribution in [2.24, 2.45) is 5.73 Å². The van der Waals surface area contributed by atoms with Crippen molar-refractivity contribution in [2.75, 3.05) is 19.0 Å². The van der Waals surface area contributed by atoms with Gasteiger partial charge in [0, 0.05) is 23.3 Å². The van der Waals surface area contributed by atoms with Crippen LogP contribution >= 0.6 is 11.8 Å². The highest BCUT2D eigenvalue weighted by atomic mass is 32.2. The lowest BCUT2D eigenvalue weighted by atomic mass is 10.1. The summed E-state index contributed by atoms with van der Waals surface area (Å²) in [5.74, 6) is 0.331. The van der Waals surface area contributed by atoms with Crippen molar-refractivity contribution in [1.82, 2.24) is 4.98 Å². The third-order valence-electron chi connectivity index (χ3n) is 3.35. The molecule has 3 rings (SSSR count). The summed E-state index contributed by atoms with van der Waals surface area (Å²) in [6.07, 6.45) is 1.71. The zero-order chi connectivity index (χ0) is 14.8. The Morgan fingerprint density at radius 3 is 2.95 bits per heavy atom. The van der Waals surface area contributed by atoms with Gasteiger partial charge in [0.15, 0.2) is 0 Å². The van der Waals surface area contributed by atoms with Gasteiger partial charge in [0.2, 0.25) is 0 Å². The highest BCUT2D eigenvalue weighted by Gasteiger charge is 2.21. The minimum Gasteiger partial charge on any atom is -0.497 e. The Balaban J connectivity index is 1.83. The van der Waals surface area contributed by atoms with Gasteiger partial charge in [0.25, 0.3) is 5.91 Å². The van der Waals surface area contributed by atoms with Gasteiger partial charge in [0.05, 0.1) is 12.4 Å². The van der Waals surface area contributed by atoms with Crippen LogP contribution in [0.1, 0.15) is 21.3 Å². The molecule has 1 aliphatic heterocycles. The number of hydrogen-bond donors (Lipinski definition) is 2. The number of nitrogens with two attached hydrogens (primary N) is 1. The van der Waals surface area contributed by atoms with Gasteiger partial charge in [0.1, 0.15) is 11.4 Å². The van der Waals surface area contributed by atoms with Crippen LogP contribution in [-0.4, -0.2) is 24.5 Å². The van der Waals surface area contributed by atoms with E-state index in [4.69, 9.17) is 10.5 Å². The third kappa shape index (κ3) is 2.80. The molecule has 3 N–H and O–H groups in total. The number of amides is 1. The molecule has 0 spiro atoms. The van der Waals surface area contributed by atoms with Crippen LogP contribution in [0.25, 0.3) is 0 Å². The van der Waals surface area contributed by atoms with Gasteiger partial charge in [-0.15, -0.1) is 11.8 Å². The zero-order valence-corrected chi connectivity index (χ0v) is 12.3. The van der Waals surface area contributed by atoms with Gasteiger partial charge in [-0.1, -0.05) is 6.07 Å². The van der Waals surface area contributed by atoms with Gasteiger partial charge in [-0.25, -0.2) is 0 Å². The predicted molar refractivity (Wildman–Crippen MR) is 82.8 cm³/mol. The quantitative estimate of drug-likeness (QED) is 0.910. The lowest BCUT2D eigenvalue weighted by Crippen LogP contribution is -2.17. The van der Waals surface area contributed by atoms with Crippen LogP contribution in [0.15, 0.2) is 41.4 Å². The maximum absolute atomic E-state index is 11.1. The Kier molecular flexibility index (Phi) is 3.70. The van der Waals surface area contributed by atoms with Crippen LogP contribution in [0, 0.1) is 0 Å². The molecule has 0 saturated carbocycles. The van der Waals surface area contributed by atoms with E-state index in [0.717, 1.165) is 28.4 Å². The van der Waals surface area contributed by atoms with E-state index in [1.807, 2.05) is 24.3 Å². The topological polar surface area (TPSA) is 77.2 Å². The first-order chi connectivity index (χ1) is 10.2. The van der Waals surface area contributed by atoms with Crippen molar-refractivity contribution >= 4 is 23.4 Å². The largest absolute Gasteiger partial charge is 0.497 e. The van der Waals surface area contributed by atoms with E-state index in [0.29, 0.717) is 0 Å². The second-order valence-electron chi connectivity index (χ2n) is 4.69. The van der Waals surface area contributed by atoms with E-state index in [2.05, 4.69) is 10.3 Å². The highest BCUT2D eigenvalue weighted by molar-refractivity contribution is 7.99. The molecule has 5 nitrogen and oxygen atoms in total. The summed E-state index contributed by atoms with van der Waals surface area (Å²) in [5, 5.41) is 3.64. The molecule has 1 amide bonds. The van der Waals surface area contributed by atoms with Crippen molar-refractivity contribution in [3.63, 3.8) is 0 Å². The maximum atomic E-state index is 11.1. The standard InChI is InChI=1S/C15H15N3O2S/c1-20-10-3-5-11-13(6-10)21-14(8-18-11)9-2-4-12(15(16)19)17-7-9/h2-7,14,18H,8H2,1H3,(H2,16,19).